The number of ether oxygens (including phenoxy) is 1. The van der Waals surface area contributed by atoms with Gasteiger partial charge in [-0.2, -0.15) is 0 Å². The lowest BCUT2D eigenvalue weighted by Crippen LogP contribution is -1.98. The van der Waals surface area contributed by atoms with Crippen LogP contribution in [0.15, 0.2) is 0 Å². The van der Waals surface area contributed by atoms with E-state index in [-0.39, 0.29) is 5.97 Å². The molecule has 76 valence electrons. The fraction of sp³-hybridized carbons (Fsp3) is 0.900. The number of fused-ring (bicyclic) bond motifs is 1. The van der Waals surface area contributed by atoms with Gasteiger partial charge < -0.3 is 4.74 Å². The molecule has 0 heterocycles. The Morgan fingerprint density at radius 3 is 2.23 bits per heavy atom. The van der Waals surface area contributed by atoms with Crippen molar-refractivity contribution < 1.29 is 9.53 Å². The highest BCUT2D eigenvalue weighted by molar-refractivity contribution is 9.09. The summed E-state index contributed by atoms with van der Waals surface area (Å²) < 4.78 is 4.47. The third kappa shape index (κ3) is 4.12. The van der Waals surface area contributed by atoms with Crippen LogP contribution in [-0.2, 0) is 9.53 Å². The van der Waals surface area contributed by atoms with Crippen molar-refractivity contribution in [3.05, 3.63) is 0 Å². The second-order valence-corrected chi connectivity index (χ2v) is 4.12. The van der Waals surface area contributed by atoms with Crippen LogP contribution >= 0.6 is 15.9 Å². The molecule has 0 saturated heterocycles. The quantitative estimate of drug-likeness (QED) is 0.555. The Morgan fingerprint density at radius 1 is 1.46 bits per heavy atom. The maximum absolute atomic E-state index is 10.2. The summed E-state index contributed by atoms with van der Waals surface area (Å²) in [5.74, 6) is 2.26. The van der Waals surface area contributed by atoms with Crippen molar-refractivity contribution in [3.8, 4) is 0 Å². The van der Waals surface area contributed by atoms with Gasteiger partial charge in [0.1, 0.15) is 5.52 Å². The molecule has 2 nitrogen and oxygen atoms in total. The van der Waals surface area contributed by atoms with E-state index in [1.54, 1.807) is 26.2 Å². The molecule has 2 unspecified atom stereocenters. The minimum absolute atomic E-state index is 0.170. The van der Waals surface area contributed by atoms with Crippen molar-refractivity contribution >= 4 is 21.9 Å². The zero-order valence-electron chi connectivity index (χ0n) is 8.09. The number of carbonyl (C=O) groups is 1. The van der Waals surface area contributed by atoms with Gasteiger partial charge in [0.15, 0.2) is 0 Å². The maximum Gasteiger partial charge on any atom is 0.306 e. The van der Waals surface area contributed by atoms with Crippen molar-refractivity contribution in [2.75, 3.05) is 5.52 Å². The van der Waals surface area contributed by atoms with Crippen LogP contribution in [0.25, 0.3) is 0 Å². The number of halogens is 1. The summed E-state index contributed by atoms with van der Waals surface area (Å²) in [7, 11) is 0. The van der Waals surface area contributed by atoms with Crippen LogP contribution < -0.4 is 0 Å². The van der Waals surface area contributed by atoms with Crippen molar-refractivity contribution in [2.45, 2.75) is 39.0 Å². The molecule has 3 heteroatoms. The summed E-state index contributed by atoms with van der Waals surface area (Å²) in [6.07, 6.45) is 6.69. The van der Waals surface area contributed by atoms with Crippen LogP contribution in [0.4, 0.5) is 0 Å². The number of alkyl halides is 1. The molecule has 0 N–H and O–H groups in total. The first-order chi connectivity index (χ1) is 6.27. The highest BCUT2D eigenvalue weighted by Gasteiger charge is 2.40. The average molecular weight is 249 g/mol. The Bertz CT molecular complexity index is 162. The van der Waals surface area contributed by atoms with Gasteiger partial charge >= 0.3 is 5.97 Å². The van der Waals surface area contributed by atoms with Crippen molar-refractivity contribution in [3.63, 3.8) is 0 Å². The first kappa shape index (κ1) is 11.0. The summed E-state index contributed by atoms with van der Waals surface area (Å²) in [5.41, 5.74) is 0.305. The van der Waals surface area contributed by atoms with Gasteiger partial charge in [0.25, 0.3) is 0 Å². The molecular weight excluding hydrogens is 232 g/mol. The zero-order chi connectivity index (χ0) is 9.68. The average Bonchev–Trinajstić information content (AvgIpc) is 2.75. The van der Waals surface area contributed by atoms with E-state index in [9.17, 15) is 4.79 Å². The number of esters is 1. The molecule has 2 saturated carbocycles. The fourth-order valence-electron chi connectivity index (χ4n) is 1.82. The second kappa shape index (κ2) is 5.63. The van der Waals surface area contributed by atoms with E-state index < -0.39 is 0 Å². The monoisotopic (exact) mass is 248 g/mol. The van der Waals surface area contributed by atoms with E-state index in [0.29, 0.717) is 11.9 Å². The molecule has 2 fully saturated rings. The Hall–Kier alpha value is -0.0500. The van der Waals surface area contributed by atoms with Crippen molar-refractivity contribution in [2.24, 2.45) is 11.8 Å². The molecule has 0 aromatic heterocycles. The van der Waals surface area contributed by atoms with Gasteiger partial charge in [0.05, 0.1) is 0 Å². The summed E-state index contributed by atoms with van der Waals surface area (Å²) in [6.45, 7) is 1.75. The van der Waals surface area contributed by atoms with Crippen LogP contribution in [0.1, 0.15) is 39.0 Å². The first-order valence-electron chi connectivity index (χ1n) is 4.99. The predicted molar refractivity (Wildman–Crippen MR) is 55.6 cm³/mol. The Labute approximate surface area is 88.2 Å². The number of hydrogen-bond donors (Lipinski definition) is 0. The molecule has 0 aliphatic heterocycles. The van der Waals surface area contributed by atoms with Crippen molar-refractivity contribution in [1.82, 2.24) is 0 Å². The van der Waals surface area contributed by atoms with Crippen molar-refractivity contribution in [1.29, 1.82) is 0 Å². The second-order valence-electron chi connectivity index (χ2n) is 3.67. The maximum atomic E-state index is 10.2. The predicted octanol–water partition coefficient (Wildman–Crippen LogP) is 3.10. The molecule has 2 aliphatic rings. The van der Waals surface area contributed by atoms with Crippen LogP contribution in [-0.4, -0.2) is 11.5 Å². The molecule has 0 aromatic carbocycles. The standard InChI is InChI=1S/C6H10.C4H7BrO2/c1-2-5-4-6(5)3-1;1-2-4(6)7-3-5/h5-6H,1-4H2;2-3H2,1H3. The zero-order valence-corrected chi connectivity index (χ0v) is 9.68. The van der Waals surface area contributed by atoms with Crippen LogP contribution in [0.3, 0.4) is 0 Å². The summed E-state index contributed by atoms with van der Waals surface area (Å²) in [4.78, 5) is 10.2. The van der Waals surface area contributed by atoms with Gasteiger partial charge in [-0.25, -0.2) is 0 Å². The van der Waals surface area contributed by atoms with Gasteiger partial charge in [0, 0.05) is 6.42 Å². The summed E-state index contributed by atoms with van der Waals surface area (Å²) in [6, 6.07) is 0. The van der Waals surface area contributed by atoms with Gasteiger partial charge in [-0.05, 0) is 34.2 Å². The smallest absolute Gasteiger partial charge is 0.306 e. The van der Waals surface area contributed by atoms with Gasteiger partial charge in [0.2, 0.25) is 0 Å². The molecule has 2 atom stereocenters. The molecule has 0 spiro atoms. The third-order valence-electron chi connectivity index (χ3n) is 2.72. The molecule has 0 amide bonds. The lowest BCUT2D eigenvalue weighted by Gasteiger charge is -1.92. The fourth-order valence-corrected chi connectivity index (χ4v) is 2.08. The summed E-state index contributed by atoms with van der Waals surface area (Å²) >= 11 is 2.95. The van der Waals surface area contributed by atoms with Gasteiger partial charge in [-0.15, -0.1) is 0 Å². The lowest BCUT2D eigenvalue weighted by molar-refractivity contribution is -0.140. The highest BCUT2D eigenvalue weighted by Crippen LogP contribution is 2.51. The van der Waals surface area contributed by atoms with Crippen LogP contribution in [0, 0.1) is 11.8 Å². The van der Waals surface area contributed by atoms with E-state index in [1.165, 1.54) is 18.3 Å². The molecule has 0 bridgehead atoms. The molecule has 0 radical (unpaired) electrons. The number of hydrogen-bond acceptors (Lipinski definition) is 2. The minimum Gasteiger partial charge on any atom is -0.454 e. The normalized spacial score (nSPS) is 28.5. The van der Waals surface area contributed by atoms with E-state index in [4.69, 9.17) is 0 Å². The lowest BCUT2D eigenvalue weighted by atomic mass is 10.3. The third-order valence-corrected chi connectivity index (χ3v) is 2.95. The molecule has 13 heavy (non-hydrogen) atoms. The van der Waals surface area contributed by atoms with E-state index in [0.717, 1.165) is 0 Å². The SMILES string of the molecule is C1CC2CC2C1.CCC(=O)OCBr. The minimum atomic E-state index is -0.170. The molecule has 2 rings (SSSR count). The Kier molecular flexibility index (Phi) is 4.78. The van der Waals surface area contributed by atoms with Gasteiger partial charge in [-0.1, -0.05) is 26.2 Å². The number of carbonyl (C=O) groups excluding carboxylic acids is 1. The largest absolute Gasteiger partial charge is 0.454 e. The number of rotatable bonds is 2. The van der Waals surface area contributed by atoms with E-state index in [2.05, 4.69) is 20.7 Å². The van der Waals surface area contributed by atoms with Crippen LogP contribution in [0.5, 0.6) is 0 Å². The molecule has 2 aliphatic carbocycles. The molecule has 0 aromatic rings. The summed E-state index contributed by atoms with van der Waals surface area (Å²) in [5, 5.41) is 0. The van der Waals surface area contributed by atoms with E-state index >= 15 is 0 Å². The van der Waals surface area contributed by atoms with Crippen LogP contribution in [0.2, 0.25) is 0 Å². The highest BCUT2D eigenvalue weighted by atomic mass is 79.9. The molecular formula is C10H17BrO2. The Balaban J connectivity index is 0.000000130. The van der Waals surface area contributed by atoms with E-state index in [1.807, 2.05) is 0 Å². The topological polar surface area (TPSA) is 26.3 Å². The first-order valence-corrected chi connectivity index (χ1v) is 6.11. The Morgan fingerprint density at radius 2 is 2.08 bits per heavy atom. The van der Waals surface area contributed by atoms with Gasteiger partial charge in [-0.3, -0.25) is 4.79 Å².